The molecule has 0 aliphatic rings. The second-order valence-electron chi connectivity index (χ2n) is 5.50. The molecule has 0 fully saturated rings. The highest BCUT2D eigenvalue weighted by Gasteiger charge is 2.14. The van der Waals surface area contributed by atoms with Crippen LogP contribution in [0.15, 0.2) is 36.4 Å². The average Bonchev–Trinajstić information content (AvgIpc) is 2.81. The van der Waals surface area contributed by atoms with E-state index in [9.17, 15) is 9.59 Å². The zero-order valence-corrected chi connectivity index (χ0v) is 14.2. The number of nitrogens with one attached hydrogen (secondary N) is 1. The van der Waals surface area contributed by atoms with Crippen molar-refractivity contribution in [1.82, 2.24) is 9.88 Å². The lowest BCUT2D eigenvalue weighted by atomic mass is 10.2. The maximum Gasteiger partial charge on any atom is 0.514 e. The van der Waals surface area contributed by atoms with Crippen LogP contribution in [-0.2, 0) is 22.7 Å². The normalized spacial score (nSPS) is 10.3. The first-order valence-electron chi connectivity index (χ1n) is 7.77. The van der Waals surface area contributed by atoms with Gasteiger partial charge in [0.1, 0.15) is 6.61 Å². The summed E-state index contributed by atoms with van der Waals surface area (Å²) >= 11 is 0. The Hall–Kier alpha value is -2.76. The molecule has 0 saturated heterocycles. The summed E-state index contributed by atoms with van der Waals surface area (Å²) in [4.78, 5) is 22.8. The fourth-order valence-electron chi connectivity index (χ4n) is 2.40. The van der Waals surface area contributed by atoms with E-state index in [1.54, 1.807) is 6.07 Å². The molecule has 1 amide bonds. The number of nitrogens with zero attached hydrogens (tertiary/aromatic N) is 1. The molecule has 1 heterocycles. The second kappa shape index (κ2) is 8.19. The van der Waals surface area contributed by atoms with Gasteiger partial charge in [0.2, 0.25) is 5.91 Å². The SMILES string of the molecule is CC(=O)NCCn1c(C)cc(OC(=O)OCc2ccccc2)c1C. The number of aryl methyl sites for hydroxylation is 1. The summed E-state index contributed by atoms with van der Waals surface area (Å²) in [6, 6.07) is 11.2. The molecular formula is C18H22N2O4. The van der Waals surface area contributed by atoms with Gasteiger partial charge in [0, 0.05) is 31.8 Å². The number of ether oxygens (including phenoxy) is 2. The van der Waals surface area contributed by atoms with Crippen LogP contribution < -0.4 is 10.1 Å². The molecule has 1 N–H and O–H groups in total. The van der Waals surface area contributed by atoms with Crippen molar-refractivity contribution in [1.29, 1.82) is 0 Å². The van der Waals surface area contributed by atoms with E-state index < -0.39 is 6.16 Å². The molecule has 0 aliphatic heterocycles. The van der Waals surface area contributed by atoms with E-state index in [1.807, 2.05) is 48.7 Å². The molecule has 2 rings (SSSR count). The maximum absolute atomic E-state index is 11.9. The van der Waals surface area contributed by atoms with Crippen LogP contribution >= 0.6 is 0 Å². The molecule has 6 nitrogen and oxygen atoms in total. The molecule has 0 aliphatic carbocycles. The van der Waals surface area contributed by atoms with Crippen molar-refractivity contribution in [3.8, 4) is 5.75 Å². The van der Waals surface area contributed by atoms with Gasteiger partial charge in [-0.15, -0.1) is 0 Å². The van der Waals surface area contributed by atoms with E-state index >= 15 is 0 Å². The van der Waals surface area contributed by atoms with Gasteiger partial charge in [-0.25, -0.2) is 4.79 Å². The third-order valence-corrected chi connectivity index (χ3v) is 3.63. The van der Waals surface area contributed by atoms with E-state index in [4.69, 9.17) is 9.47 Å². The number of carbonyl (C=O) groups is 2. The van der Waals surface area contributed by atoms with Crippen LogP contribution in [0.1, 0.15) is 23.9 Å². The lowest BCUT2D eigenvalue weighted by molar-refractivity contribution is -0.118. The van der Waals surface area contributed by atoms with E-state index in [2.05, 4.69) is 5.32 Å². The van der Waals surface area contributed by atoms with Crippen molar-refractivity contribution >= 4 is 12.1 Å². The minimum absolute atomic E-state index is 0.0709. The number of amides is 1. The molecule has 0 bridgehead atoms. The van der Waals surface area contributed by atoms with E-state index in [-0.39, 0.29) is 12.5 Å². The van der Waals surface area contributed by atoms with Crippen LogP contribution in [0.4, 0.5) is 4.79 Å². The standard InChI is InChI=1S/C18H22N2O4/c1-13-11-17(14(2)20(13)10-9-19-15(3)21)24-18(22)23-12-16-7-5-4-6-8-16/h4-8,11H,9-10,12H2,1-3H3,(H,19,21). The maximum atomic E-state index is 11.9. The minimum atomic E-state index is -0.735. The number of hydrogen-bond acceptors (Lipinski definition) is 4. The largest absolute Gasteiger partial charge is 0.514 e. The topological polar surface area (TPSA) is 69.6 Å². The summed E-state index contributed by atoms with van der Waals surface area (Å²) in [5, 5.41) is 2.74. The summed E-state index contributed by atoms with van der Waals surface area (Å²) in [6.45, 7) is 6.56. The summed E-state index contributed by atoms with van der Waals surface area (Å²) in [6.07, 6.45) is -0.735. The van der Waals surface area contributed by atoms with Crippen molar-refractivity contribution in [2.24, 2.45) is 0 Å². The molecule has 1 aromatic carbocycles. The van der Waals surface area contributed by atoms with Gasteiger partial charge in [0.05, 0.1) is 5.69 Å². The van der Waals surface area contributed by atoms with Crippen LogP contribution in [0.3, 0.4) is 0 Å². The van der Waals surface area contributed by atoms with Crippen LogP contribution in [-0.4, -0.2) is 23.2 Å². The molecule has 128 valence electrons. The van der Waals surface area contributed by atoms with Crippen LogP contribution in [0, 0.1) is 13.8 Å². The Bertz CT molecular complexity index is 707. The van der Waals surface area contributed by atoms with Crippen LogP contribution in [0.5, 0.6) is 5.75 Å². The smallest absolute Gasteiger partial charge is 0.429 e. The van der Waals surface area contributed by atoms with Gasteiger partial charge in [0.15, 0.2) is 5.75 Å². The third-order valence-electron chi connectivity index (χ3n) is 3.63. The molecule has 6 heteroatoms. The molecule has 24 heavy (non-hydrogen) atoms. The summed E-state index contributed by atoms with van der Waals surface area (Å²) < 4.78 is 12.4. The predicted octanol–water partition coefficient (Wildman–Crippen LogP) is 2.96. The van der Waals surface area contributed by atoms with Crippen molar-refractivity contribution in [3.63, 3.8) is 0 Å². The van der Waals surface area contributed by atoms with Gasteiger partial charge in [-0.05, 0) is 19.4 Å². The van der Waals surface area contributed by atoms with Gasteiger partial charge in [-0.3, -0.25) is 4.79 Å². The highest BCUT2D eigenvalue weighted by molar-refractivity contribution is 5.72. The first-order valence-corrected chi connectivity index (χ1v) is 7.77. The highest BCUT2D eigenvalue weighted by atomic mass is 16.7. The van der Waals surface area contributed by atoms with Gasteiger partial charge >= 0.3 is 6.16 Å². The fourth-order valence-corrected chi connectivity index (χ4v) is 2.40. The molecule has 0 spiro atoms. The molecule has 1 aromatic heterocycles. The molecule has 0 atom stereocenters. The Morgan fingerprint density at radius 2 is 1.88 bits per heavy atom. The van der Waals surface area contributed by atoms with Crippen LogP contribution in [0.2, 0.25) is 0 Å². The summed E-state index contributed by atoms with van der Waals surface area (Å²) in [5.41, 5.74) is 2.66. The molecule has 0 radical (unpaired) electrons. The lowest BCUT2D eigenvalue weighted by Crippen LogP contribution is -2.25. The number of aromatic nitrogens is 1. The van der Waals surface area contributed by atoms with Crippen molar-refractivity contribution in [2.75, 3.05) is 6.54 Å². The van der Waals surface area contributed by atoms with Gasteiger partial charge in [-0.2, -0.15) is 0 Å². The number of hydrogen-bond donors (Lipinski definition) is 1. The first kappa shape index (κ1) is 17.6. The van der Waals surface area contributed by atoms with Gasteiger partial charge < -0.3 is 19.4 Å². The molecular weight excluding hydrogens is 308 g/mol. The summed E-state index contributed by atoms with van der Waals surface area (Å²) in [7, 11) is 0. The van der Waals surface area contributed by atoms with Crippen molar-refractivity contribution in [2.45, 2.75) is 33.9 Å². The molecule has 0 unspecified atom stereocenters. The Kier molecular flexibility index (Phi) is 6.01. The Morgan fingerprint density at radius 1 is 1.17 bits per heavy atom. The predicted molar refractivity (Wildman–Crippen MR) is 89.8 cm³/mol. The monoisotopic (exact) mass is 330 g/mol. The Balaban J connectivity index is 1.92. The Morgan fingerprint density at radius 3 is 2.54 bits per heavy atom. The van der Waals surface area contributed by atoms with E-state index in [1.165, 1.54) is 6.92 Å². The zero-order chi connectivity index (χ0) is 17.5. The quantitative estimate of drug-likeness (QED) is 0.827. The van der Waals surface area contributed by atoms with Crippen molar-refractivity contribution < 1.29 is 19.1 Å². The minimum Gasteiger partial charge on any atom is -0.429 e. The summed E-state index contributed by atoms with van der Waals surface area (Å²) in [5.74, 6) is 0.395. The average molecular weight is 330 g/mol. The third kappa shape index (κ3) is 4.87. The Labute approximate surface area is 141 Å². The zero-order valence-electron chi connectivity index (χ0n) is 14.2. The lowest BCUT2D eigenvalue weighted by Gasteiger charge is -2.10. The fraction of sp³-hybridized carbons (Fsp3) is 0.333. The number of carbonyl (C=O) groups excluding carboxylic acids is 2. The molecule has 2 aromatic rings. The van der Waals surface area contributed by atoms with E-state index in [0.717, 1.165) is 17.0 Å². The van der Waals surface area contributed by atoms with Gasteiger partial charge in [-0.1, -0.05) is 30.3 Å². The number of benzene rings is 1. The number of rotatable bonds is 6. The first-order chi connectivity index (χ1) is 11.5. The van der Waals surface area contributed by atoms with Crippen LogP contribution in [0.25, 0.3) is 0 Å². The second-order valence-corrected chi connectivity index (χ2v) is 5.50. The molecule has 0 saturated carbocycles. The highest BCUT2D eigenvalue weighted by Crippen LogP contribution is 2.23. The van der Waals surface area contributed by atoms with Gasteiger partial charge in [0.25, 0.3) is 0 Å². The van der Waals surface area contributed by atoms with E-state index in [0.29, 0.717) is 18.8 Å². The van der Waals surface area contributed by atoms with Crippen molar-refractivity contribution in [3.05, 3.63) is 53.3 Å².